The third-order valence-electron chi connectivity index (χ3n) is 11.2. The predicted octanol–water partition coefficient (Wildman–Crippen LogP) is 6.19. The molecule has 0 spiro atoms. The van der Waals surface area contributed by atoms with Gasteiger partial charge in [-0.05, 0) is 106 Å². The number of likely N-dealkylation sites (tertiary alicyclic amines) is 1. The SMILES string of the molecule is CC(=O)C1[C@H](C)CC2C3CC=C4CC(OC(=O)CCN5CCCCC5)CC[C@]4(C)C3CC[C@@]21C. The number of rotatable bonds is 5. The molecule has 0 amide bonds. The number of allylic oxidation sites excluding steroid dienone is 1. The molecule has 190 valence electrons. The Morgan fingerprint density at radius 3 is 2.59 bits per heavy atom. The van der Waals surface area contributed by atoms with Gasteiger partial charge in [-0.2, -0.15) is 0 Å². The largest absolute Gasteiger partial charge is 0.462 e. The summed E-state index contributed by atoms with van der Waals surface area (Å²) >= 11 is 0. The van der Waals surface area contributed by atoms with Gasteiger partial charge in [0.05, 0.1) is 6.42 Å². The number of Topliss-reactive ketones (excluding diaryl/α,β-unsaturated/α-hetero) is 1. The van der Waals surface area contributed by atoms with E-state index >= 15 is 0 Å². The zero-order chi connectivity index (χ0) is 24.1. The van der Waals surface area contributed by atoms with Gasteiger partial charge >= 0.3 is 5.97 Å². The van der Waals surface area contributed by atoms with Gasteiger partial charge in [-0.15, -0.1) is 0 Å². The molecule has 4 heteroatoms. The van der Waals surface area contributed by atoms with E-state index in [1.54, 1.807) is 5.57 Å². The first-order chi connectivity index (χ1) is 16.2. The van der Waals surface area contributed by atoms with Gasteiger partial charge < -0.3 is 9.64 Å². The van der Waals surface area contributed by atoms with E-state index in [0.29, 0.717) is 30.0 Å². The molecular formula is C30H47NO3. The molecule has 1 heterocycles. The molecule has 0 bridgehead atoms. The van der Waals surface area contributed by atoms with Crippen molar-refractivity contribution in [3.8, 4) is 0 Å². The van der Waals surface area contributed by atoms with E-state index in [-0.39, 0.29) is 28.8 Å². The highest BCUT2D eigenvalue weighted by molar-refractivity contribution is 5.80. The smallest absolute Gasteiger partial charge is 0.307 e. The molecule has 5 rings (SSSR count). The Labute approximate surface area is 207 Å². The second kappa shape index (κ2) is 9.37. The van der Waals surface area contributed by atoms with Crippen molar-refractivity contribution in [1.29, 1.82) is 0 Å². The summed E-state index contributed by atoms with van der Waals surface area (Å²) < 4.78 is 6.01. The topological polar surface area (TPSA) is 46.6 Å². The van der Waals surface area contributed by atoms with Gasteiger partial charge in [0.2, 0.25) is 0 Å². The van der Waals surface area contributed by atoms with Crippen LogP contribution in [0.3, 0.4) is 0 Å². The van der Waals surface area contributed by atoms with Crippen molar-refractivity contribution in [3.63, 3.8) is 0 Å². The van der Waals surface area contributed by atoms with Crippen LogP contribution in [0.5, 0.6) is 0 Å². The molecule has 5 aliphatic rings. The molecule has 5 unspecified atom stereocenters. The van der Waals surface area contributed by atoms with Crippen LogP contribution in [0.4, 0.5) is 0 Å². The van der Waals surface area contributed by atoms with Gasteiger partial charge in [0, 0.05) is 18.9 Å². The van der Waals surface area contributed by atoms with Crippen molar-refractivity contribution >= 4 is 11.8 Å². The molecule has 8 atom stereocenters. The standard InChI is InChI=1S/C30H47NO3/c1-20-18-26-24-9-8-22-19-23(34-27(33)12-17-31-15-6-5-7-16-31)10-13-29(22,3)25(24)11-14-30(26,4)28(20)21(2)32/h8,20,23-26,28H,5-7,9-19H2,1-4H3/t20-,23?,24?,25?,26?,28?,29+,30+/m1/s1. The first-order valence-corrected chi connectivity index (χ1v) is 14.3. The van der Waals surface area contributed by atoms with Gasteiger partial charge in [0.1, 0.15) is 11.9 Å². The molecule has 0 aromatic rings. The van der Waals surface area contributed by atoms with Gasteiger partial charge in [-0.25, -0.2) is 0 Å². The normalized spacial score (nSPS) is 44.4. The van der Waals surface area contributed by atoms with E-state index < -0.39 is 0 Å². The second-order valence-electron chi connectivity index (χ2n) is 13.1. The lowest BCUT2D eigenvalue weighted by Crippen LogP contribution is -2.51. The molecule has 0 radical (unpaired) electrons. The molecule has 4 fully saturated rings. The van der Waals surface area contributed by atoms with Crippen LogP contribution in [0.1, 0.15) is 98.3 Å². The fraction of sp³-hybridized carbons (Fsp3) is 0.867. The lowest BCUT2D eigenvalue weighted by atomic mass is 9.47. The maximum absolute atomic E-state index is 12.6. The predicted molar refractivity (Wildman–Crippen MR) is 135 cm³/mol. The summed E-state index contributed by atoms with van der Waals surface area (Å²) in [6, 6.07) is 0. The third-order valence-corrected chi connectivity index (χ3v) is 11.2. The fourth-order valence-electron chi connectivity index (χ4n) is 9.63. The van der Waals surface area contributed by atoms with Crippen LogP contribution in [0.15, 0.2) is 11.6 Å². The van der Waals surface area contributed by atoms with E-state index in [1.165, 1.54) is 38.5 Å². The Hall–Kier alpha value is -1.16. The number of carbonyl (C=O) groups is 2. The number of ketones is 1. The van der Waals surface area contributed by atoms with Gasteiger partial charge in [0.25, 0.3) is 0 Å². The highest BCUT2D eigenvalue weighted by Crippen LogP contribution is 2.67. The van der Waals surface area contributed by atoms with E-state index in [1.807, 2.05) is 6.92 Å². The molecular weight excluding hydrogens is 422 g/mol. The van der Waals surface area contributed by atoms with Crippen LogP contribution in [-0.4, -0.2) is 42.4 Å². The first-order valence-electron chi connectivity index (χ1n) is 14.3. The summed E-state index contributed by atoms with van der Waals surface area (Å²) in [6.45, 7) is 12.2. The maximum Gasteiger partial charge on any atom is 0.307 e. The quantitative estimate of drug-likeness (QED) is 0.356. The number of carbonyl (C=O) groups excluding carboxylic acids is 2. The van der Waals surface area contributed by atoms with Crippen molar-refractivity contribution in [2.75, 3.05) is 19.6 Å². The Morgan fingerprint density at radius 1 is 1.09 bits per heavy atom. The number of esters is 1. The minimum absolute atomic E-state index is 0.00267. The Bertz CT molecular complexity index is 829. The minimum atomic E-state index is -0.00267. The number of fused-ring (bicyclic) bond motifs is 5. The van der Waals surface area contributed by atoms with Crippen LogP contribution in [0.25, 0.3) is 0 Å². The van der Waals surface area contributed by atoms with Gasteiger partial charge in [0.15, 0.2) is 0 Å². The number of nitrogens with zero attached hydrogens (tertiary/aromatic N) is 1. The summed E-state index contributed by atoms with van der Waals surface area (Å²) in [5.74, 6) is 3.28. The lowest BCUT2D eigenvalue weighted by molar-refractivity contribution is -0.152. The van der Waals surface area contributed by atoms with Gasteiger partial charge in [-0.3, -0.25) is 9.59 Å². The first kappa shape index (κ1) is 24.5. The average Bonchev–Trinajstić information content (AvgIpc) is 3.08. The molecule has 34 heavy (non-hydrogen) atoms. The maximum atomic E-state index is 12.6. The van der Waals surface area contributed by atoms with Crippen LogP contribution in [0, 0.1) is 40.4 Å². The molecule has 1 saturated heterocycles. The fourth-order valence-corrected chi connectivity index (χ4v) is 9.63. The summed E-state index contributed by atoms with van der Waals surface area (Å²) in [5, 5.41) is 0. The highest BCUT2D eigenvalue weighted by Gasteiger charge is 2.61. The van der Waals surface area contributed by atoms with Crippen LogP contribution in [0.2, 0.25) is 0 Å². The molecule has 4 aliphatic carbocycles. The molecule has 4 nitrogen and oxygen atoms in total. The monoisotopic (exact) mass is 469 g/mol. The van der Waals surface area contributed by atoms with E-state index in [2.05, 4.69) is 31.7 Å². The Morgan fingerprint density at radius 2 is 1.85 bits per heavy atom. The van der Waals surface area contributed by atoms with Gasteiger partial charge in [-0.1, -0.05) is 38.8 Å². The van der Waals surface area contributed by atoms with E-state index in [9.17, 15) is 9.59 Å². The molecule has 0 aromatic carbocycles. The molecule has 0 N–H and O–H groups in total. The van der Waals surface area contributed by atoms with Crippen molar-refractivity contribution < 1.29 is 14.3 Å². The highest BCUT2D eigenvalue weighted by atomic mass is 16.5. The number of ether oxygens (including phenoxy) is 1. The molecule has 3 saturated carbocycles. The summed E-state index contributed by atoms with van der Waals surface area (Å²) in [4.78, 5) is 27.6. The third kappa shape index (κ3) is 4.20. The number of hydrogen-bond donors (Lipinski definition) is 0. The van der Waals surface area contributed by atoms with E-state index in [0.717, 1.165) is 51.2 Å². The summed E-state index contributed by atoms with van der Waals surface area (Å²) in [6.07, 6.45) is 14.9. The number of piperidine rings is 1. The van der Waals surface area contributed by atoms with Crippen LogP contribution < -0.4 is 0 Å². The Balaban J connectivity index is 1.22. The van der Waals surface area contributed by atoms with Crippen molar-refractivity contribution in [2.24, 2.45) is 40.4 Å². The molecule has 0 aromatic heterocycles. The summed E-state index contributed by atoms with van der Waals surface area (Å²) in [7, 11) is 0. The van der Waals surface area contributed by atoms with E-state index in [4.69, 9.17) is 4.74 Å². The lowest BCUT2D eigenvalue weighted by Gasteiger charge is -2.58. The zero-order valence-corrected chi connectivity index (χ0v) is 22.1. The average molecular weight is 470 g/mol. The molecule has 1 aliphatic heterocycles. The van der Waals surface area contributed by atoms with Crippen molar-refractivity contribution in [2.45, 2.75) is 104 Å². The van der Waals surface area contributed by atoms with Crippen LogP contribution in [-0.2, 0) is 14.3 Å². The number of hydrogen-bond acceptors (Lipinski definition) is 4. The Kier molecular flexibility index (Phi) is 6.76. The van der Waals surface area contributed by atoms with Crippen molar-refractivity contribution in [1.82, 2.24) is 4.90 Å². The summed E-state index contributed by atoms with van der Waals surface area (Å²) in [5.41, 5.74) is 2.00. The van der Waals surface area contributed by atoms with Crippen molar-refractivity contribution in [3.05, 3.63) is 11.6 Å². The van der Waals surface area contributed by atoms with Crippen LogP contribution >= 0.6 is 0 Å². The minimum Gasteiger partial charge on any atom is -0.462 e. The zero-order valence-electron chi connectivity index (χ0n) is 22.1. The second-order valence-corrected chi connectivity index (χ2v) is 13.1.